The van der Waals surface area contributed by atoms with Crippen molar-refractivity contribution in [2.45, 2.75) is 31.8 Å². The van der Waals surface area contributed by atoms with Gasteiger partial charge in [0.2, 0.25) is 5.91 Å². The molecular formula is C22H26FN3O2S. The van der Waals surface area contributed by atoms with Gasteiger partial charge in [-0.1, -0.05) is 18.2 Å². The van der Waals surface area contributed by atoms with E-state index >= 15 is 0 Å². The van der Waals surface area contributed by atoms with Gasteiger partial charge in [-0.2, -0.15) is 0 Å². The molecule has 0 aliphatic carbocycles. The molecule has 0 saturated carbocycles. The fourth-order valence-corrected chi connectivity index (χ4v) is 4.90. The first-order valence-electron chi connectivity index (χ1n) is 10.2. The molecule has 2 fully saturated rings. The summed E-state index contributed by atoms with van der Waals surface area (Å²) in [4.78, 5) is 32.2. The Balaban J connectivity index is 1.30. The highest BCUT2D eigenvalue weighted by atomic mass is 32.1. The zero-order chi connectivity index (χ0) is 20.2. The number of rotatable bonds is 4. The van der Waals surface area contributed by atoms with Gasteiger partial charge in [-0.3, -0.25) is 14.5 Å². The Morgan fingerprint density at radius 2 is 1.79 bits per heavy atom. The number of nitrogens with zero attached hydrogens (tertiary/aromatic N) is 3. The van der Waals surface area contributed by atoms with Crippen LogP contribution in [0.3, 0.4) is 0 Å². The zero-order valence-corrected chi connectivity index (χ0v) is 17.2. The van der Waals surface area contributed by atoms with Gasteiger partial charge in [-0.25, -0.2) is 4.39 Å². The average Bonchev–Trinajstić information content (AvgIpc) is 3.22. The fourth-order valence-electron chi connectivity index (χ4n) is 4.21. The first kappa shape index (κ1) is 20.0. The molecule has 2 aliphatic heterocycles. The number of benzene rings is 1. The number of halogens is 1. The summed E-state index contributed by atoms with van der Waals surface area (Å²) in [7, 11) is 0. The number of hydrogen-bond donors (Lipinski definition) is 0. The van der Waals surface area contributed by atoms with E-state index in [0.717, 1.165) is 56.0 Å². The predicted molar refractivity (Wildman–Crippen MR) is 111 cm³/mol. The van der Waals surface area contributed by atoms with Gasteiger partial charge >= 0.3 is 0 Å². The van der Waals surface area contributed by atoms with Crippen LogP contribution in [-0.4, -0.2) is 65.3 Å². The van der Waals surface area contributed by atoms with E-state index in [0.29, 0.717) is 19.0 Å². The minimum absolute atomic E-state index is 0.126. The Hall–Kier alpha value is -2.25. The summed E-state index contributed by atoms with van der Waals surface area (Å²) in [5.74, 6) is 0.0391. The van der Waals surface area contributed by atoms with Crippen LogP contribution in [0.5, 0.6) is 0 Å². The second-order valence-electron chi connectivity index (χ2n) is 7.73. The molecule has 1 aromatic heterocycles. The number of carbonyl (C=O) groups excluding carboxylic acids is 2. The van der Waals surface area contributed by atoms with E-state index < -0.39 is 0 Å². The summed E-state index contributed by atoms with van der Waals surface area (Å²) in [5, 5.41) is 1.93. The number of amides is 2. The number of piperazine rings is 1. The Kier molecular flexibility index (Phi) is 6.25. The minimum atomic E-state index is -0.257. The van der Waals surface area contributed by atoms with Crippen LogP contribution >= 0.6 is 11.3 Å². The van der Waals surface area contributed by atoms with Crippen LogP contribution in [-0.2, 0) is 11.3 Å². The molecule has 0 spiro atoms. The third kappa shape index (κ3) is 4.85. The number of thiophene rings is 1. The van der Waals surface area contributed by atoms with Crippen molar-refractivity contribution in [3.05, 3.63) is 58.0 Å². The number of carbonyl (C=O) groups is 2. The van der Waals surface area contributed by atoms with Crippen molar-refractivity contribution in [3.8, 4) is 0 Å². The molecule has 154 valence electrons. The summed E-state index contributed by atoms with van der Waals surface area (Å²) in [6.07, 6.45) is 2.34. The molecule has 0 bridgehead atoms. The van der Waals surface area contributed by atoms with E-state index in [1.807, 2.05) is 27.3 Å². The third-order valence-corrected chi connectivity index (χ3v) is 6.77. The number of likely N-dealkylation sites (tertiary alicyclic amines) is 1. The largest absolute Gasteiger partial charge is 0.338 e. The minimum Gasteiger partial charge on any atom is -0.338 e. The van der Waals surface area contributed by atoms with Crippen molar-refractivity contribution in [3.63, 3.8) is 0 Å². The van der Waals surface area contributed by atoms with E-state index in [4.69, 9.17) is 0 Å². The van der Waals surface area contributed by atoms with Crippen molar-refractivity contribution in [2.75, 3.05) is 32.7 Å². The lowest BCUT2D eigenvalue weighted by atomic mass is 10.1. The van der Waals surface area contributed by atoms with Crippen LogP contribution in [0, 0.1) is 5.82 Å². The van der Waals surface area contributed by atoms with Crippen LogP contribution in [0.25, 0.3) is 0 Å². The highest BCUT2D eigenvalue weighted by Crippen LogP contribution is 2.22. The lowest BCUT2D eigenvalue weighted by molar-refractivity contribution is -0.131. The molecular weight excluding hydrogens is 389 g/mol. The second-order valence-corrected chi connectivity index (χ2v) is 8.68. The van der Waals surface area contributed by atoms with Crippen molar-refractivity contribution in [1.82, 2.24) is 14.7 Å². The van der Waals surface area contributed by atoms with Gasteiger partial charge in [0.05, 0.1) is 4.88 Å². The SMILES string of the molecule is O=C1CCC(N2CCN(C(=O)c3cccs3)CC2)CCN1Cc1ccc(F)cc1. The van der Waals surface area contributed by atoms with Gasteiger partial charge in [0.15, 0.2) is 0 Å². The molecule has 4 rings (SSSR count). The van der Waals surface area contributed by atoms with Crippen LogP contribution in [0.4, 0.5) is 4.39 Å². The summed E-state index contributed by atoms with van der Waals surface area (Å²) in [6, 6.07) is 10.5. The molecule has 3 heterocycles. The van der Waals surface area contributed by atoms with Crippen molar-refractivity contribution in [1.29, 1.82) is 0 Å². The zero-order valence-electron chi connectivity index (χ0n) is 16.4. The molecule has 2 aliphatic rings. The Bertz CT molecular complexity index is 832. The van der Waals surface area contributed by atoms with Crippen LogP contribution in [0.1, 0.15) is 34.5 Å². The van der Waals surface area contributed by atoms with Gasteiger partial charge in [-0.15, -0.1) is 11.3 Å². The molecule has 2 aromatic rings. The molecule has 2 saturated heterocycles. The van der Waals surface area contributed by atoms with Gasteiger partial charge in [0.25, 0.3) is 5.91 Å². The van der Waals surface area contributed by atoms with Crippen molar-refractivity contribution < 1.29 is 14.0 Å². The molecule has 1 atom stereocenters. The highest BCUT2D eigenvalue weighted by Gasteiger charge is 2.30. The first-order chi connectivity index (χ1) is 14.1. The maximum absolute atomic E-state index is 13.1. The monoisotopic (exact) mass is 415 g/mol. The Morgan fingerprint density at radius 1 is 1.03 bits per heavy atom. The van der Waals surface area contributed by atoms with Gasteiger partial charge in [-0.05, 0) is 42.0 Å². The maximum atomic E-state index is 13.1. The van der Waals surface area contributed by atoms with E-state index in [-0.39, 0.29) is 17.6 Å². The summed E-state index contributed by atoms with van der Waals surface area (Å²) in [6.45, 7) is 4.44. The third-order valence-electron chi connectivity index (χ3n) is 5.91. The molecule has 0 N–H and O–H groups in total. The summed E-state index contributed by atoms with van der Waals surface area (Å²) in [5.41, 5.74) is 0.957. The quantitative estimate of drug-likeness (QED) is 0.770. The second kappa shape index (κ2) is 9.05. The van der Waals surface area contributed by atoms with Crippen molar-refractivity contribution >= 4 is 23.2 Å². The van der Waals surface area contributed by atoms with Crippen molar-refractivity contribution in [2.24, 2.45) is 0 Å². The maximum Gasteiger partial charge on any atom is 0.264 e. The smallest absolute Gasteiger partial charge is 0.264 e. The molecule has 1 unspecified atom stereocenters. The van der Waals surface area contributed by atoms with Crippen LogP contribution in [0.15, 0.2) is 41.8 Å². The standard InChI is InChI=1S/C22H26FN3O2S/c23-18-5-3-17(4-6-18)16-26-10-9-19(7-8-21(26)27)24-11-13-25(14-12-24)22(28)20-2-1-15-29-20/h1-6,15,19H,7-14,16H2. The summed E-state index contributed by atoms with van der Waals surface area (Å²) >= 11 is 1.49. The Morgan fingerprint density at radius 3 is 2.48 bits per heavy atom. The molecule has 0 radical (unpaired) electrons. The highest BCUT2D eigenvalue weighted by molar-refractivity contribution is 7.12. The molecule has 7 heteroatoms. The van der Waals surface area contributed by atoms with Gasteiger partial charge in [0.1, 0.15) is 5.82 Å². The van der Waals surface area contributed by atoms with Gasteiger partial charge < -0.3 is 9.80 Å². The molecule has 29 heavy (non-hydrogen) atoms. The fraction of sp³-hybridized carbons (Fsp3) is 0.455. The molecule has 2 amide bonds. The molecule has 5 nitrogen and oxygen atoms in total. The Labute approximate surface area is 174 Å². The van der Waals surface area contributed by atoms with E-state index in [1.54, 1.807) is 12.1 Å². The lowest BCUT2D eigenvalue weighted by Gasteiger charge is -2.39. The first-order valence-corrected chi connectivity index (χ1v) is 11.1. The van der Waals surface area contributed by atoms with Crippen LogP contribution < -0.4 is 0 Å². The number of hydrogen-bond acceptors (Lipinski definition) is 4. The normalized spacial score (nSPS) is 21.3. The molecule has 1 aromatic carbocycles. The average molecular weight is 416 g/mol. The predicted octanol–water partition coefficient (Wildman–Crippen LogP) is 3.23. The van der Waals surface area contributed by atoms with Gasteiger partial charge in [0, 0.05) is 51.7 Å². The van der Waals surface area contributed by atoms with E-state index in [9.17, 15) is 14.0 Å². The lowest BCUT2D eigenvalue weighted by Crippen LogP contribution is -2.52. The van der Waals surface area contributed by atoms with E-state index in [1.165, 1.54) is 23.5 Å². The topological polar surface area (TPSA) is 43.9 Å². The van der Waals surface area contributed by atoms with Crippen LogP contribution in [0.2, 0.25) is 0 Å². The van der Waals surface area contributed by atoms with E-state index in [2.05, 4.69) is 4.90 Å². The summed E-state index contributed by atoms with van der Waals surface area (Å²) < 4.78 is 13.1.